The molecule has 4 heterocycles. The van der Waals surface area contributed by atoms with Crippen molar-refractivity contribution in [2.75, 3.05) is 19.8 Å². The molecule has 2 fully saturated rings. The lowest BCUT2D eigenvalue weighted by Gasteiger charge is -2.40. The first-order chi connectivity index (χ1) is 17.9. The van der Waals surface area contributed by atoms with Gasteiger partial charge in [0.1, 0.15) is 23.2 Å². The smallest absolute Gasteiger partial charge is 0.313 e. The number of aliphatic hydroxyl groups is 1. The van der Waals surface area contributed by atoms with Crippen molar-refractivity contribution in [2.24, 2.45) is 11.8 Å². The molecule has 0 bridgehead atoms. The van der Waals surface area contributed by atoms with Gasteiger partial charge < -0.3 is 24.4 Å². The summed E-state index contributed by atoms with van der Waals surface area (Å²) in [4.78, 5) is 45.4. The van der Waals surface area contributed by atoms with Crippen molar-refractivity contribution in [2.45, 2.75) is 69.4 Å². The fraction of sp³-hybridized carbons (Fsp3) is 0.552. The highest BCUT2D eigenvalue weighted by molar-refractivity contribution is 5.99. The second-order valence-electron chi connectivity index (χ2n) is 10.4. The van der Waals surface area contributed by atoms with Gasteiger partial charge in [0, 0.05) is 13.1 Å². The maximum Gasteiger partial charge on any atom is 0.313 e. The predicted octanol–water partition coefficient (Wildman–Crippen LogP) is 2.61. The largest absolute Gasteiger partial charge is 0.465 e. The van der Waals surface area contributed by atoms with Gasteiger partial charge >= 0.3 is 5.97 Å². The second-order valence-corrected chi connectivity index (χ2v) is 10.4. The lowest BCUT2D eigenvalue weighted by molar-refractivity contribution is -0.163. The molecular weight excluding hydrogens is 472 g/mol. The van der Waals surface area contributed by atoms with E-state index < -0.39 is 41.1 Å². The maximum atomic E-state index is 14.3. The third kappa shape index (κ3) is 4.01. The number of esters is 1. The first kappa shape index (κ1) is 25.7. The van der Waals surface area contributed by atoms with Crippen LogP contribution in [-0.4, -0.2) is 75.7 Å². The van der Waals surface area contributed by atoms with Gasteiger partial charge in [-0.1, -0.05) is 68.5 Å². The molecule has 4 aliphatic rings. The number of fused-ring (bicyclic) bond motifs is 2. The van der Waals surface area contributed by atoms with E-state index in [9.17, 15) is 19.5 Å². The number of benzene rings is 1. The standard InChI is InChI=1S/C29H36N2O6/c1-3-21(19-32)31-24-26(34)30(18-20-12-7-5-8-13-20)16-11-15-29(24)22(25(31)33)23-27(35)36-17-10-6-9-14-28(23,4-2)37-29/h5,7-9,11-15,21-24,32H,3-4,6,10,16-19H2,1-2H3/b14-9-/t21-,22-,23-,24?,28+,29-/m0/s1. The van der Waals surface area contributed by atoms with Gasteiger partial charge in [0.25, 0.3) is 0 Å². The number of ether oxygens (including phenoxy) is 2. The van der Waals surface area contributed by atoms with Crippen LogP contribution in [0, 0.1) is 11.8 Å². The number of cyclic esters (lactones) is 1. The SMILES string of the molecule is CC[C@@H](CO)N1C(=O)[C@@H]2[C@H]3C(=O)OCCC/C=C\[C@@]3(CC)O[C@@]23C=CCN(Cc2ccccc2)C(=O)C13. The Morgan fingerprint density at radius 1 is 1.05 bits per heavy atom. The molecule has 8 heteroatoms. The summed E-state index contributed by atoms with van der Waals surface area (Å²) in [6.45, 7) is 4.53. The summed E-state index contributed by atoms with van der Waals surface area (Å²) in [6.07, 6.45) is 9.98. The molecule has 1 N–H and O–H groups in total. The number of aliphatic hydroxyl groups excluding tert-OH is 1. The molecule has 0 aromatic heterocycles. The summed E-state index contributed by atoms with van der Waals surface area (Å²) in [7, 11) is 0. The number of carbonyl (C=O) groups is 3. The highest BCUT2D eigenvalue weighted by Crippen LogP contribution is 2.58. The van der Waals surface area contributed by atoms with Gasteiger partial charge in [-0.25, -0.2) is 0 Å². The van der Waals surface area contributed by atoms with Gasteiger partial charge in [-0.2, -0.15) is 0 Å². The van der Waals surface area contributed by atoms with Crippen molar-refractivity contribution in [3.05, 3.63) is 60.2 Å². The van der Waals surface area contributed by atoms with Crippen LogP contribution in [-0.2, 0) is 30.4 Å². The Balaban J connectivity index is 1.65. The molecular formula is C29H36N2O6. The van der Waals surface area contributed by atoms with Crippen LogP contribution in [0.3, 0.4) is 0 Å². The quantitative estimate of drug-likeness (QED) is 0.469. The van der Waals surface area contributed by atoms with Gasteiger partial charge in [0.2, 0.25) is 11.8 Å². The van der Waals surface area contributed by atoms with E-state index in [4.69, 9.17) is 9.47 Å². The third-order valence-corrected chi connectivity index (χ3v) is 8.45. The Kier molecular flexibility index (Phi) is 6.98. The van der Waals surface area contributed by atoms with E-state index in [0.717, 1.165) is 12.0 Å². The van der Waals surface area contributed by atoms with E-state index in [1.54, 1.807) is 4.90 Å². The molecule has 6 atom stereocenters. The zero-order valence-corrected chi connectivity index (χ0v) is 21.5. The van der Waals surface area contributed by atoms with E-state index in [2.05, 4.69) is 0 Å². The first-order valence-electron chi connectivity index (χ1n) is 13.4. The van der Waals surface area contributed by atoms with Gasteiger partial charge in [0.15, 0.2) is 0 Å². The minimum atomic E-state index is -1.34. The normalized spacial score (nSPS) is 35.0. The highest BCUT2D eigenvalue weighted by Gasteiger charge is 2.75. The number of allylic oxidation sites excluding steroid dienone is 1. The van der Waals surface area contributed by atoms with Crippen LogP contribution >= 0.6 is 0 Å². The Bertz CT molecular complexity index is 1100. The monoisotopic (exact) mass is 508 g/mol. The van der Waals surface area contributed by atoms with Crippen LogP contribution in [0.15, 0.2) is 54.6 Å². The van der Waals surface area contributed by atoms with Crippen molar-refractivity contribution in [1.29, 1.82) is 0 Å². The van der Waals surface area contributed by atoms with E-state index >= 15 is 0 Å². The van der Waals surface area contributed by atoms with E-state index in [-0.39, 0.29) is 25.0 Å². The fourth-order valence-corrected chi connectivity index (χ4v) is 6.61. The zero-order valence-electron chi connectivity index (χ0n) is 21.5. The summed E-state index contributed by atoms with van der Waals surface area (Å²) in [5, 5.41) is 10.2. The Morgan fingerprint density at radius 3 is 2.54 bits per heavy atom. The third-order valence-electron chi connectivity index (χ3n) is 8.45. The fourth-order valence-electron chi connectivity index (χ4n) is 6.61. The maximum absolute atomic E-state index is 14.3. The molecule has 8 nitrogen and oxygen atoms in total. The summed E-state index contributed by atoms with van der Waals surface area (Å²) >= 11 is 0. The lowest BCUT2D eigenvalue weighted by atomic mass is 9.73. The summed E-state index contributed by atoms with van der Waals surface area (Å²) < 4.78 is 12.5. The van der Waals surface area contributed by atoms with Gasteiger partial charge in [0.05, 0.1) is 25.2 Å². The minimum absolute atomic E-state index is 0.244. The number of carbonyl (C=O) groups excluding carboxylic acids is 3. The minimum Gasteiger partial charge on any atom is -0.465 e. The molecule has 198 valence electrons. The van der Waals surface area contributed by atoms with Crippen molar-refractivity contribution < 1.29 is 29.0 Å². The van der Waals surface area contributed by atoms with Crippen LogP contribution in [0.2, 0.25) is 0 Å². The first-order valence-corrected chi connectivity index (χ1v) is 13.4. The molecule has 0 radical (unpaired) electrons. The van der Waals surface area contributed by atoms with Crippen molar-refractivity contribution >= 4 is 17.8 Å². The van der Waals surface area contributed by atoms with Gasteiger partial charge in [-0.3, -0.25) is 14.4 Å². The molecule has 1 aromatic carbocycles. The van der Waals surface area contributed by atoms with E-state index in [1.807, 2.05) is 68.5 Å². The zero-order chi connectivity index (χ0) is 26.2. The molecule has 2 amide bonds. The van der Waals surface area contributed by atoms with Crippen LogP contribution in [0.4, 0.5) is 0 Å². The van der Waals surface area contributed by atoms with Crippen LogP contribution < -0.4 is 0 Å². The number of rotatable bonds is 6. The molecule has 37 heavy (non-hydrogen) atoms. The molecule has 2 saturated heterocycles. The molecule has 1 aromatic rings. The van der Waals surface area contributed by atoms with Crippen LogP contribution in [0.25, 0.3) is 0 Å². The van der Waals surface area contributed by atoms with Crippen molar-refractivity contribution in [3.63, 3.8) is 0 Å². The molecule has 1 unspecified atom stereocenters. The summed E-state index contributed by atoms with van der Waals surface area (Å²) in [5.41, 5.74) is -1.43. The summed E-state index contributed by atoms with van der Waals surface area (Å²) in [6, 6.07) is 8.14. The average Bonchev–Trinajstić information content (AvgIpc) is 3.29. The Labute approximate surface area is 217 Å². The predicted molar refractivity (Wildman–Crippen MR) is 136 cm³/mol. The number of hydrogen-bond acceptors (Lipinski definition) is 6. The van der Waals surface area contributed by atoms with E-state index in [1.165, 1.54) is 4.90 Å². The molecule has 0 aliphatic carbocycles. The molecule has 0 saturated carbocycles. The van der Waals surface area contributed by atoms with Crippen LogP contribution in [0.1, 0.15) is 45.1 Å². The van der Waals surface area contributed by atoms with Crippen molar-refractivity contribution in [1.82, 2.24) is 9.80 Å². The van der Waals surface area contributed by atoms with Gasteiger partial charge in [-0.05, 0) is 31.2 Å². The molecule has 5 rings (SSSR count). The lowest BCUT2D eigenvalue weighted by Crippen LogP contribution is -2.58. The van der Waals surface area contributed by atoms with Crippen LogP contribution in [0.5, 0.6) is 0 Å². The number of likely N-dealkylation sites (tertiary alicyclic amines) is 1. The van der Waals surface area contributed by atoms with Gasteiger partial charge in [-0.15, -0.1) is 0 Å². The van der Waals surface area contributed by atoms with Crippen molar-refractivity contribution in [3.8, 4) is 0 Å². The number of hydrogen-bond donors (Lipinski definition) is 1. The molecule has 4 aliphatic heterocycles. The molecule has 1 spiro atoms. The Morgan fingerprint density at radius 2 is 1.84 bits per heavy atom. The summed E-state index contributed by atoms with van der Waals surface area (Å²) in [5.74, 6) is -2.86. The van der Waals surface area contributed by atoms with E-state index in [0.29, 0.717) is 32.4 Å². The second kappa shape index (κ2) is 10.1. The average molecular weight is 509 g/mol. The Hall–Kier alpha value is -2.97. The topological polar surface area (TPSA) is 96.4 Å². The number of amides is 2. The number of nitrogens with zero attached hydrogens (tertiary/aromatic N) is 2. The highest BCUT2D eigenvalue weighted by atomic mass is 16.6.